The third kappa shape index (κ3) is 4.45. The van der Waals surface area contributed by atoms with Gasteiger partial charge >= 0.3 is 17.7 Å². The van der Waals surface area contributed by atoms with Crippen molar-refractivity contribution in [3.05, 3.63) is 50.6 Å². The van der Waals surface area contributed by atoms with Gasteiger partial charge in [-0.1, -0.05) is 4.39 Å². The van der Waals surface area contributed by atoms with Gasteiger partial charge in [0.25, 0.3) is 0 Å². The summed E-state index contributed by atoms with van der Waals surface area (Å²) in [6, 6.07) is 0. The molecule has 0 rings (SSSR count). The van der Waals surface area contributed by atoms with Crippen LogP contribution in [0.5, 0.6) is 0 Å². The first-order valence-electron chi connectivity index (χ1n) is 5.89. The highest BCUT2D eigenvalue weighted by molar-refractivity contribution is 5.69. The maximum atomic E-state index is 13.3. The molecule has 0 radical (unpaired) electrons. The molecule has 0 spiro atoms. The van der Waals surface area contributed by atoms with Crippen molar-refractivity contribution < 1.29 is 38.5 Å². The van der Waals surface area contributed by atoms with Gasteiger partial charge < -0.3 is 4.74 Å². The third-order valence-corrected chi connectivity index (χ3v) is 2.78. The van der Waals surface area contributed by atoms with Crippen LogP contribution in [0.3, 0.4) is 0 Å². The summed E-state index contributed by atoms with van der Waals surface area (Å²) in [5.41, 5.74) is 0. The van der Waals surface area contributed by atoms with Crippen LogP contribution in [0.4, 0.5) is 4.39 Å². The van der Waals surface area contributed by atoms with Crippen LogP contribution in [-0.2, 0) is 9.53 Å². The highest BCUT2D eigenvalue weighted by Gasteiger charge is 2.70. The smallest absolute Gasteiger partial charge is 0.465 e. The number of hydrogen-bond acceptors (Lipinski definition) is 12. The number of esters is 1. The number of alkyl halides is 1. The van der Waals surface area contributed by atoms with Crippen molar-refractivity contribution in [1.82, 2.24) is 0 Å². The molecule has 0 bridgehead atoms. The molecule has 0 fully saturated rings. The van der Waals surface area contributed by atoms with Gasteiger partial charge in [0, 0.05) is 0 Å². The molecule has 0 heterocycles. The number of halogens is 1. The van der Waals surface area contributed by atoms with Crippen LogP contribution >= 0.6 is 0 Å². The van der Waals surface area contributed by atoms with E-state index in [1.54, 1.807) is 0 Å². The second-order valence-electron chi connectivity index (χ2n) is 4.25. The summed E-state index contributed by atoms with van der Waals surface area (Å²) in [6.45, 7) is -1.22. The lowest BCUT2D eigenvalue weighted by Gasteiger charge is -2.10. The van der Waals surface area contributed by atoms with Gasteiger partial charge in [0.05, 0.1) is 6.42 Å². The Kier molecular flexibility index (Phi) is 6.67. The van der Waals surface area contributed by atoms with Crippen molar-refractivity contribution >= 4 is 5.97 Å². The second-order valence-corrected chi connectivity index (χ2v) is 4.25. The summed E-state index contributed by atoms with van der Waals surface area (Å²) >= 11 is 0. The van der Waals surface area contributed by atoms with E-state index in [-0.39, 0.29) is 0 Å². The maximum Gasteiger partial charge on any atom is 0.700 e. The number of carbonyl (C=O) groups excluding carboxylic acids is 1. The average Bonchev–Trinajstić information content (AvgIpc) is 2.45. The average molecular weight is 373 g/mol. The van der Waals surface area contributed by atoms with Gasteiger partial charge in [-0.3, -0.25) is 55.4 Å². The number of nitro groups is 5. The lowest BCUT2D eigenvalue weighted by Crippen LogP contribution is -2.53. The zero-order valence-corrected chi connectivity index (χ0v) is 11.8. The number of rotatable bonds is 11. The Hall–Kier alpha value is -3.60. The molecular weight excluding hydrogens is 365 g/mol. The number of ether oxygens (including phenoxy) is 1. The first-order valence-corrected chi connectivity index (χ1v) is 5.89. The molecule has 17 nitrogen and oxygen atoms in total. The normalized spacial score (nSPS) is 11.4. The molecule has 0 N–H and O–H groups in total. The lowest BCUT2D eigenvalue weighted by atomic mass is 10.2. The molecule has 140 valence electrons. The summed E-state index contributed by atoms with van der Waals surface area (Å²) in [4.78, 5) is 54.2. The lowest BCUT2D eigenvalue weighted by molar-refractivity contribution is -0.970. The van der Waals surface area contributed by atoms with Gasteiger partial charge in [0.2, 0.25) is 0 Å². The monoisotopic (exact) mass is 373 g/mol. The predicted molar refractivity (Wildman–Crippen MR) is 66.4 cm³/mol. The van der Waals surface area contributed by atoms with Gasteiger partial charge in [0.1, 0.15) is 16.5 Å². The summed E-state index contributed by atoms with van der Waals surface area (Å²) in [5, 5.41) is 52.2. The Labute approximate surface area is 134 Å². The highest BCUT2D eigenvalue weighted by atomic mass is 19.2. The van der Waals surface area contributed by atoms with Crippen molar-refractivity contribution in [2.75, 3.05) is 6.61 Å². The largest absolute Gasteiger partial charge is 0.700 e. The summed E-state index contributed by atoms with van der Waals surface area (Å²) < 4.78 is 17.4. The molecule has 0 aliphatic rings. The molecule has 0 aromatic carbocycles. The van der Waals surface area contributed by atoms with E-state index in [1.807, 2.05) is 0 Å². The van der Waals surface area contributed by atoms with E-state index in [0.29, 0.717) is 0 Å². The van der Waals surface area contributed by atoms with Crippen molar-refractivity contribution in [2.45, 2.75) is 31.0 Å². The molecule has 0 amide bonds. The zero-order chi connectivity index (χ0) is 20.0. The Balaban J connectivity index is 4.84. The van der Waals surface area contributed by atoms with Crippen molar-refractivity contribution in [3.8, 4) is 0 Å². The molecule has 0 aliphatic heterocycles. The molecular formula is C7H8FN5O12. The van der Waals surface area contributed by atoms with E-state index in [9.17, 15) is 59.8 Å². The Morgan fingerprint density at radius 2 is 1.20 bits per heavy atom. The molecule has 0 aromatic rings. The minimum atomic E-state index is -4.16. The third-order valence-electron chi connectivity index (χ3n) is 2.78. The molecule has 0 unspecified atom stereocenters. The summed E-state index contributed by atoms with van der Waals surface area (Å²) in [6.07, 6.45) is -4.31. The second kappa shape index (κ2) is 7.79. The van der Waals surface area contributed by atoms with E-state index in [1.165, 1.54) is 0 Å². The highest BCUT2D eigenvalue weighted by Crippen LogP contribution is 2.21. The minimum absolute atomic E-state index is 1.22. The minimum Gasteiger partial charge on any atom is -0.465 e. The molecule has 0 saturated heterocycles. The quantitative estimate of drug-likeness (QED) is 0.144. The van der Waals surface area contributed by atoms with Crippen molar-refractivity contribution in [1.29, 1.82) is 0 Å². The van der Waals surface area contributed by atoms with Crippen LogP contribution in [0.25, 0.3) is 0 Å². The van der Waals surface area contributed by atoms with E-state index in [4.69, 9.17) is 0 Å². The summed E-state index contributed by atoms with van der Waals surface area (Å²) in [7, 11) is 0. The van der Waals surface area contributed by atoms with Gasteiger partial charge in [-0.15, -0.1) is 0 Å². The fourth-order valence-electron chi connectivity index (χ4n) is 1.36. The van der Waals surface area contributed by atoms with Gasteiger partial charge in [-0.25, -0.2) is 0 Å². The topological polar surface area (TPSA) is 242 Å². The van der Waals surface area contributed by atoms with Crippen LogP contribution in [0.15, 0.2) is 0 Å². The standard InChI is InChI=1S/C7H8FN5O12/c8-6(9(15)16,10(17)18)3-4-25-5(14)1-2-7(11(19)20,12(21)22)13(23)24/h1-4H2. The first-order chi connectivity index (χ1) is 11.3. The van der Waals surface area contributed by atoms with Crippen LogP contribution in [0, 0.1) is 50.6 Å². The fourth-order valence-corrected chi connectivity index (χ4v) is 1.36. The first kappa shape index (κ1) is 21.4. The molecule has 0 atom stereocenters. The van der Waals surface area contributed by atoms with Crippen LogP contribution in [0.2, 0.25) is 0 Å². The van der Waals surface area contributed by atoms with Crippen molar-refractivity contribution in [3.63, 3.8) is 0 Å². The molecule has 18 heteroatoms. The molecule has 0 aromatic heterocycles. The fraction of sp³-hybridized carbons (Fsp3) is 0.857. The Bertz CT molecular complexity index is 571. The number of hydrogen-bond donors (Lipinski definition) is 0. The van der Waals surface area contributed by atoms with E-state index in [2.05, 4.69) is 4.74 Å². The van der Waals surface area contributed by atoms with Crippen LogP contribution in [0.1, 0.15) is 19.3 Å². The van der Waals surface area contributed by atoms with E-state index >= 15 is 0 Å². The van der Waals surface area contributed by atoms with Crippen LogP contribution < -0.4 is 0 Å². The molecule has 0 saturated carbocycles. The molecule has 0 aliphatic carbocycles. The van der Waals surface area contributed by atoms with Gasteiger partial charge in [0.15, 0.2) is 27.6 Å². The maximum absolute atomic E-state index is 13.3. The Morgan fingerprint density at radius 3 is 1.52 bits per heavy atom. The summed E-state index contributed by atoms with van der Waals surface area (Å²) in [5.74, 6) is -9.64. The van der Waals surface area contributed by atoms with Crippen molar-refractivity contribution in [2.24, 2.45) is 0 Å². The number of carbonyl (C=O) groups is 1. The molecule has 25 heavy (non-hydrogen) atoms. The predicted octanol–water partition coefficient (Wildman–Crippen LogP) is -0.639. The van der Waals surface area contributed by atoms with Gasteiger partial charge in [-0.05, 0) is 0 Å². The van der Waals surface area contributed by atoms with Crippen LogP contribution in [-0.4, -0.2) is 48.9 Å². The van der Waals surface area contributed by atoms with Gasteiger partial charge in [-0.2, -0.15) is 0 Å². The van der Waals surface area contributed by atoms with E-state index in [0.717, 1.165) is 0 Å². The van der Waals surface area contributed by atoms with E-state index < -0.39 is 68.2 Å². The Morgan fingerprint density at radius 1 is 0.800 bits per heavy atom. The SMILES string of the molecule is O=C(CCC([N+](=O)[O-])([N+](=O)[O-])[N+](=O)[O-])OCCC(F)([N+](=O)[O-])[N+](=O)[O-]. The number of nitrogens with zero attached hydrogens (tertiary/aromatic N) is 5. The zero-order valence-electron chi connectivity index (χ0n) is 11.8.